The van der Waals surface area contributed by atoms with E-state index in [1.54, 1.807) is 47.8 Å². The summed E-state index contributed by atoms with van der Waals surface area (Å²) < 4.78 is 1.82. The predicted molar refractivity (Wildman–Crippen MR) is 122 cm³/mol. The molecule has 5 aromatic rings. The summed E-state index contributed by atoms with van der Waals surface area (Å²) in [5.74, 6) is 0.243. The third-order valence-corrected chi connectivity index (χ3v) is 6.63. The Hall–Kier alpha value is -3.56. The van der Waals surface area contributed by atoms with Crippen molar-refractivity contribution >= 4 is 40.0 Å². The van der Waals surface area contributed by atoms with Crippen molar-refractivity contribution in [3.63, 3.8) is 0 Å². The predicted octanol–water partition coefficient (Wildman–Crippen LogP) is 4.33. The number of primary amides is 1. The molecule has 0 aliphatic heterocycles. The van der Waals surface area contributed by atoms with Gasteiger partial charge in [0.05, 0.1) is 23.0 Å². The second kappa shape index (κ2) is 8.29. The van der Waals surface area contributed by atoms with Gasteiger partial charge in [0.15, 0.2) is 5.65 Å². The summed E-state index contributed by atoms with van der Waals surface area (Å²) in [4.78, 5) is 24.8. The van der Waals surface area contributed by atoms with Gasteiger partial charge >= 0.3 is 0 Å². The Balaban J connectivity index is 1.35. The van der Waals surface area contributed by atoms with Crippen LogP contribution in [0.25, 0.3) is 27.3 Å². The van der Waals surface area contributed by atoms with Crippen LogP contribution in [0.15, 0.2) is 77.5 Å². The van der Waals surface area contributed by atoms with Crippen molar-refractivity contribution in [3.05, 3.63) is 83.8 Å². The minimum absolute atomic E-state index is 0.436. The number of carbonyl (C=O) groups is 1. The largest absolute Gasteiger partial charge is 0.366 e. The summed E-state index contributed by atoms with van der Waals surface area (Å²) in [6.45, 7) is 0. The average molecular weight is 445 g/mol. The smallest absolute Gasteiger partial charge is 0.248 e. The third-order valence-electron chi connectivity index (χ3n) is 4.65. The van der Waals surface area contributed by atoms with Crippen molar-refractivity contribution in [2.45, 2.75) is 10.8 Å². The summed E-state index contributed by atoms with van der Waals surface area (Å²) in [6.07, 6.45) is 3.37. The normalized spacial score (nSPS) is 11.1. The van der Waals surface area contributed by atoms with Crippen LogP contribution < -0.4 is 5.73 Å². The lowest BCUT2D eigenvalue weighted by Crippen LogP contribution is -2.10. The molecule has 1 amide bonds. The minimum Gasteiger partial charge on any atom is -0.366 e. The van der Waals surface area contributed by atoms with E-state index in [-0.39, 0.29) is 0 Å². The molecule has 9 heteroatoms. The first kappa shape index (κ1) is 19.4. The number of nitrogens with two attached hydrogens (primary N) is 1. The first-order valence-corrected chi connectivity index (χ1v) is 11.3. The van der Waals surface area contributed by atoms with E-state index in [0.717, 1.165) is 38.0 Å². The first-order chi connectivity index (χ1) is 15.2. The fourth-order valence-corrected chi connectivity index (χ4v) is 4.91. The zero-order chi connectivity index (χ0) is 21.2. The molecular formula is C22H16N6OS2. The van der Waals surface area contributed by atoms with Gasteiger partial charge in [-0.15, -0.1) is 11.3 Å². The number of fused-ring (bicyclic) bond motifs is 1. The molecule has 0 unspecified atom stereocenters. The van der Waals surface area contributed by atoms with Crippen LogP contribution >= 0.6 is 23.1 Å². The van der Waals surface area contributed by atoms with E-state index < -0.39 is 5.91 Å². The summed E-state index contributed by atoms with van der Waals surface area (Å²) in [5.41, 5.74) is 9.44. The number of thioether (sulfide) groups is 1. The minimum atomic E-state index is -0.436. The number of nitrogens with zero attached hydrogens (tertiary/aromatic N) is 5. The van der Waals surface area contributed by atoms with Crippen LogP contribution in [0, 0.1) is 0 Å². The second-order valence-electron chi connectivity index (χ2n) is 6.68. The number of hydrogen-bond donors (Lipinski definition) is 1. The number of thiazole rings is 1. The highest BCUT2D eigenvalue weighted by atomic mass is 32.2. The van der Waals surface area contributed by atoms with Crippen LogP contribution in [-0.2, 0) is 5.75 Å². The SMILES string of the molecule is NC(=O)c1ccc(-c2nc(CSc3ncnc4c3cnn4-c3ccccc3)cs2)cc1. The Bertz CT molecular complexity index is 1360. The van der Waals surface area contributed by atoms with Crippen LogP contribution in [-0.4, -0.2) is 30.6 Å². The molecule has 0 radical (unpaired) electrons. The molecule has 0 aliphatic rings. The van der Waals surface area contributed by atoms with Crippen molar-refractivity contribution in [3.8, 4) is 16.3 Å². The molecule has 7 nitrogen and oxygen atoms in total. The molecule has 2 N–H and O–H groups in total. The van der Waals surface area contributed by atoms with E-state index in [1.807, 2.05) is 52.5 Å². The molecule has 5 rings (SSSR count). The molecule has 0 fully saturated rings. The molecule has 2 aromatic carbocycles. The average Bonchev–Trinajstić information content (AvgIpc) is 3.46. The Morgan fingerprint density at radius 2 is 1.87 bits per heavy atom. The Kier molecular flexibility index (Phi) is 5.19. The van der Waals surface area contributed by atoms with E-state index in [9.17, 15) is 4.79 Å². The number of amides is 1. The molecule has 0 saturated carbocycles. The molecule has 31 heavy (non-hydrogen) atoms. The van der Waals surface area contributed by atoms with E-state index in [2.05, 4.69) is 15.1 Å². The van der Waals surface area contributed by atoms with E-state index in [1.165, 1.54) is 0 Å². The maximum Gasteiger partial charge on any atom is 0.248 e. The monoisotopic (exact) mass is 444 g/mol. The van der Waals surface area contributed by atoms with Gasteiger partial charge in [-0.25, -0.2) is 19.6 Å². The van der Waals surface area contributed by atoms with E-state index >= 15 is 0 Å². The number of aromatic nitrogens is 5. The molecular weight excluding hydrogens is 428 g/mol. The van der Waals surface area contributed by atoms with Crippen molar-refractivity contribution < 1.29 is 4.79 Å². The molecule has 0 saturated heterocycles. The van der Waals surface area contributed by atoms with Crippen molar-refractivity contribution in [2.75, 3.05) is 0 Å². The van der Waals surface area contributed by atoms with Gasteiger partial charge in [0.25, 0.3) is 0 Å². The van der Waals surface area contributed by atoms with Gasteiger partial charge in [-0.3, -0.25) is 4.79 Å². The number of para-hydroxylation sites is 1. The number of benzene rings is 2. The van der Waals surface area contributed by atoms with Crippen molar-refractivity contribution in [1.82, 2.24) is 24.7 Å². The van der Waals surface area contributed by atoms with Gasteiger partial charge in [-0.05, 0) is 24.3 Å². The van der Waals surface area contributed by atoms with Gasteiger partial charge < -0.3 is 5.73 Å². The van der Waals surface area contributed by atoms with Gasteiger partial charge in [0.2, 0.25) is 5.91 Å². The fourth-order valence-electron chi connectivity index (χ4n) is 3.12. The lowest BCUT2D eigenvalue weighted by atomic mass is 10.1. The van der Waals surface area contributed by atoms with Crippen LogP contribution in [0.3, 0.4) is 0 Å². The molecule has 0 aliphatic carbocycles. The highest BCUT2D eigenvalue weighted by Gasteiger charge is 2.13. The highest BCUT2D eigenvalue weighted by molar-refractivity contribution is 7.98. The van der Waals surface area contributed by atoms with Gasteiger partial charge in [-0.2, -0.15) is 5.10 Å². The van der Waals surface area contributed by atoms with Gasteiger partial charge in [-0.1, -0.05) is 42.1 Å². The first-order valence-electron chi connectivity index (χ1n) is 9.40. The molecule has 3 aromatic heterocycles. The van der Waals surface area contributed by atoms with E-state index in [0.29, 0.717) is 11.3 Å². The topological polar surface area (TPSA) is 99.6 Å². The summed E-state index contributed by atoms with van der Waals surface area (Å²) in [6, 6.07) is 17.1. The zero-order valence-electron chi connectivity index (χ0n) is 16.2. The highest BCUT2D eigenvalue weighted by Crippen LogP contribution is 2.30. The number of hydrogen-bond acceptors (Lipinski definition) is 7. The van der Waals surface area contributed by atoms with E-state index in [4.69, 9.17) is 10.7 Å². The van der Waals surface area contributed by atoms with Crippen LogP contribution in [0.2, 0.25) is 0 Å². The summed E-state index contributed by atoms with van der Waals surface area (Å²) >= 11 is 3.17. The summed E-state index contributed by atoms with van der Waals surface area (Å²) in [7, 11) is 0. The Morgan fingerprint density at radius 3 is 2.65 bits per heavy atom. The Labute approximate surface area is 186 Å². The van der Waals surface area contributed by atoms with Crippen LogP contribution in [0.1, 0.15) is 16.1 Å². The maximum atomic E-state index is 11.2. The van der Waals surface area contributed by atoms with Crippen molar-refractivity contribution in [1.29, 1.82) is 0 Å². The molecule has 0 atom stereocenters. The van der Waals surface area contributed by atoms with Crippen LogP contribution in [0.5, 0.6) is 0 Å². The number of rotatable bonds is 6. The number of carbonyl (C=O) groups excluding carboxylic acids is 1. The lowest BCUT2D eigenvalue weighted by Gasteiger charge is -2.03. The van der Waals surface area contributed by atoms with Crippen molar-refractivity contribution in [2.24, 2.45) is 5.73 Å². The maximum absolute atomic E-state index is 11.2. The second-order valence-corrected chi connectivity index (χ2v) is 8.50. The quantitative estimate of drug-likeness (QED) is 0.309. The van der Waals surface area contributed by atoms with Gasteiger partial charge in [0.1, 0.15) is 16.4 Å². The fraction of sp³-hybridized carbons (Fsp3) is 0.0455. The molecule has 3 heterocycles. The molecule has 0 bridgehead atoms. The molecule has 0 spiro atoms. The van der Waals surface area contributed by atoms with Crippen LogP contribution in [0.4, 0.5) is 0 Å². The lowest BCUT2D eigenvalue weighted by molar-refractivity contribution is 0.100. The Morgan fingerprint density at radius 1 is 1.06 bits per heavy atom. The summed E-state index contributed by atoms with van der Waals surface area (Å²) in [5, 5.41) is 9.22. The standard InChI is InChI=1S/C22H16N6OS2/c23-19(29)14-6-8-15(9-7-14)21-27-16(11-30-21)12-31-22-18-10-26-28(20(18)24-13-25-22)17-4-2-1-3-5-17/h1-11,13H,12H2,(H2,23,29). The zero-order valence-corrected chi connectivity index (χ0v) is 17.8. The van der Waals surface area contributed by atoms with Gasteiger partial charge in [0, 0.05) is 22.3 Å². The third kappa shape index (κ3) is 3.92. The molecule has 152 valence electrons.